The number of para-hydroxylation sites is 1. The minimum absolute atomic E-state index is 0.127. The summed E-state index contributed by atoms with van der Waals surface area (Å²) in [7, 11) is -2.28. The van der Waals surface area contributed by atoms with Gasteiger partial charge in [0, 0.05) is 12.7 Å². The standard InChI is InChI=1S/C19H20FN3O4S2/c1-4-14(23(29(3,26)27)15-8-6-5-7-13(15)20)18(24)21-12-9-10-16-17(11-12)28-19(25)22(16)2/h5-11,14H,4H2,1-3H3,(H,21,24)/t14-/m0/s1. The summed E-state index contributed by atoms with van der Waals surface area (Å²) in [5, 5.41) is 2.68. The van der Waals surface area contributed by atoms with E-state index in [4.69, 9.17) is 0 Å². The topological polar surface area (TPSA) is 88.5 Å². The molecule has 0 radical (unpaired) electrons. The molecule has 1 aromatic heterocycles. The van der Waals surface area contributed by atoms with E-state index in [1.165, 1.54) is 22.8 Å². The second-order valence-corrected chi connectivity index (χ2v) is 9.39. The second-order valence-electron chi connectivity index (χ2n) is 6.53. The summed E-state index contributed by atoms with van der Waals surface area (Å²) in [6, 6.07) is 9.25. The summed E-state index contributed by atoms with van der Waals surface area (Å²) in [4.78, 5) is 24.6. The Balaban J connectivity index is 1.96. The molecule has 1 amide bonds. The molecule has 0 saturated heterocycles. The van der Waals surface area contributed by atoms with Crippen LogP contribution in [0.4, 0.5) is 15.8 Å². The first-order valence-corrected chi connectivity index (χ1v) is 11.4. The maximum Gasteiger partial charge on any atom is 0.307 e. The van der Waals surface area contributed by atoms with Crippen LogP contribution in [0.25, 0.3) is 10.2 Å². The zero-order chi connectivity index (χ0) is 21.3. The van der Waals surface area contributed by atoms with Crippen molar-refractivity contribution in [1.82, 2.24) is 4.57 Å². The molecular weight excluding hydrogens is 417 g/mol. The van der Waals surface area contributed by atoms with Gasteiger partial charge in [-0.25, -0.2) is 12.8 Å². The van der Waals surface area contributed by atoms with Crippen molar-refractivity contribution in [3.63, 3.8) is 0 Å². The van der Waals surface area contributed by atoms with E-state index in [1.54, 1.807) is 32.2 Å². The Morgan fingerprint density at radius 1 is 1.28 bits per heavy atom. The fraction of sp³-hybridized carbons (Fsp3) is 0.263. The average Bonchev–Trinajstić information content (AvgIpc) is 2.93. The van der Waals surface area contributed by atoms with Crippen LogP contribution in [0.1, 0.15) is 13.3 Å². The van der Waals surface area contributed by atoms with Crippen molar-refractivity contribution in [1.29, 1.82) is 0 Å². The van der Waals surface area contributed by atoms with Crippen LogP contribution in [0.5, 0.6) is 0 Å². The highest BCUT2D eigenvalue weighted by Gasteiger charge is 2.33. The number of nitrogens with zero attached hydrogens (tertiary/aromatic N) is 2. The number of benzene rings is 2. The van der Waals surface area contributed by atoms with Crippen molar-refractivity contribution >= 4 is 48.9 Å². The molecule has 1 atom stereocenters. The van der Waals surface area contributed by atoms with Gasteiger partial charge in [0.2, 0.25) is 15.9 Å². The molecule has 10 heteroatoms. The Labute approximate surface area is 171 Å². The smallest absolute Gasteiger partial charge is 0.307 e. The predicted octanol–water partition coefficient (Wildman–Crippen LogP) is 2.92. The van der Waals surface area contributed by atoms with Crippen LogP contribution in [-0.4, -0.2) is 31.2 Å². The molecule has 0 aliphatic carbocycles. The van der Waals surface area contributed by atoms with Crippen molar-refractivity contribution < 1.29 is 17.6 Å². The molecule has 0 spiro atoms. The Kier molecular flexibility index (Phi) is 5.76. The lowest BCUT2D eigenvalue weighted by Gasteiger charge is -2.30. The number of rotatable bonds is 6. The summed E-state index contributed by atoms with van der Waals surface area (Å²) >= 11 is 1.04. The third kappa shape index (κ3) is 4.18. The molecule has 0 fully saturated rings. The lowest BCUT2D eigenvalue weighted by atomic mass is 10.1. The molecule has 0 unspecified atom stereocenters. The highest BCUT2D eigenvalue weighted by atomic mass is 32.2. The number of carbonyl (C=O) groups is 1. The fourth-order valence-electron chi connectivity index (χ4n) is 3.10. The van der Waals surface area contributed by atoms with Crippen molar-refractivity contribution in [2.45, 2.75) is 19.4 Å². The Bertz CT molecular complexity index is 1230. The first-order chi connectivity index (χ1) is 13.6. The Hall–Kier alpha value is -2.72. The molecule has 2 aromatic carbocycles. The number of anilines is 2. The van der Waals surface area contributed by atoms with E-state index in [9.17, 15) is 22.4 Å². The molecule has 1 heterocycles. The number of fused-ring (bicyclic) bond motifs is 1. The number of halogens is 1. The SMILES string of the molecule is CC[C@@H](C(=O)Nc1ccc2c(c1)sc(=O)n2C)N(c1ccccc1F)S(C)(=O)=O. The Morgan fingerprint density at radius 2 is 1.97 bits per heavy atom. The fourth-order valence-corrected chi connectivity index (χ4v) is 5.23. The van der Waals surface area contributed by atoms with E-state index < -0.39 is 27.8 Å². The van der Waals surface area contributed by atoms with Crippen LogP contribution in [0.3, 0.4) is 0 Å². The van der Waals surface area contributed by atoms with Crippen molar-refractivity contribution in [3.05, 3.63) is 57.9 Å². The van der Waals surface area contributed by atoms with Gasteiger partial charge in [0.1, 0.15) is 11.9 Å². The minimum Gasteiger partial charge on any atom is -0.324 e. The van der Waals surface area contributed by atoms with Gasteiger partial charge in [-0.3, -0.25) is 13.9 Å². The van der Waals surface area contributed by atoms with Gasteiger partial charge in [-0.15, -0.1) is 0 Å². The number of sulfonamides is 1. The molecule has 1 N–H and O–H groups in total. The van der Waals surface area contributed by atoms with Crippen LogP contribution in [-0.2, 0) is 21.9 Å². The number of aromatic nitrogens is 1. The average molecular weight is 438 g/mol. The van der Waals surface area contributed by atoms with Gasteiger partial charge in [-0.1, -0.05) is 30.4 Å². The zero-order valence-electron chi connectivity index (χ0n) is 16.0. The van der Waals surface area contributed by atoms with E-state index in [2.05, 4.69) is 5.32 Å². The highest BCUT2D eigenvalue weighted by Crippen LogP contribution is 2.27. The van der Waals surface area contributed by atoms with Gasteiger partial charge in [0.05, 0.1) is 22.2 Å². The third-order valence-corrected chi connectivity index (χ3v) is 6.64. The van der Waals surface area contributed by atoms with Gasteiger partial charge in [-0.2, -0.15) is 0 Å². The monoisotopic (exact) mass is 437 g/mol. The third-order valence-electron chi connectivity index (χ3n) is 4.48. The first kappa shape index (κ1) is 21.0. The number of amides is 1. The van der Waals surface area contributed by atoms with Crippen molar-refractivity contribution in [2.75, 3.05) is 15.9 Å². The first-order valence-electron chi connectivity index (χ1n) is 8.78. The quantitative estimate of drug-likeness (QED) is 0.642. The van der Waals surface area contributed by atoms with Crippen LogP contribution in [0.2, 0.25) is 0 Å². The molecule has 29 heavy (non-hydrogen) atoms. The van der Waals surface area contributed by atoms with E-state index in [-0.39, 0.29) is 17.0 Å². The molecular formula is C19H20FN3O4S2. The van der Waals surface area contributed by atoms with Gasteiger partial charge >= 0.3 is 4.87 Å². The van der Waals surface area contributed by atoms with E-state index in [1.807, 2.05) is 0 Å². The molecule has 0 saturated carbocycles. The van der Waals surface area contributed by atoms with Crippen LogP contribution >= 0.6 is 11.3 Å². The minimum atomic E-state index is -3.94. The largest absolute Gasteiger partial charge is 0.324 e. The van der Waals surface area contributed by atoms with Crippen LogP contribution < -0.4 is 14.5 Å². The van der Waals surface area contributed by atoms with E-state index >= 15 is 0 Å². The Morgan fingerprint density at radius 3 is 2.59 bits per heavy atom. The number of thiazole rings is 1. The second kappa shape index (κ2) is 7.96. The lowest BCUT2D eigenvalue weighted by molar-refractivity contribution is -0.117. The summed E-state index contributed by atoms with van der Waals surface area (Å²) in [5.74, 6) is -1.33. The maximum absolute atomic E-state index is 14.3. The van der Waals surface area contributed by atoms with Crippen LogP contribution in [0.15, 0.2) is 47.3 Å². The molecule has 0 aliphatic heterocycles. The molecule has 3 aromatic rings. The van der Waals surface area contributed by atoms with E-state index in [0.717, 1.165) is 33.5 Å². The highest BCUT2D eigenvalue weighted by molar-refractivity contribution is 7.92. The van der Waals surface area contributed by atoms with Gasteiger partial charge in [-0.05, 0) is 36.8 Å². The number of hydrogen-bond acceptors (Lipinski definition) is 5. The van der Waals surface area contributed by atoms with Gasteiger partial charge < -0.3 is 9.88 Å². The molecule has 3 rings (SSSR count). The molecule has 0 aliphatic rings. The van der Waals surface area contributed by atoms with Crippen LogP contribution in [0, 0.1) is 5.82 Å². The molecule has 0 bridgehead atoms. The molecule has 7 nitrogen and oxygen atoms in total. The van der Waals surface area contributed by atoms with Gasteiger partial charge in [0.15, 0.2) is 0 Å². The summed E-state index contributed by atoms with van der Waals surface area (Å²) in [5.41, 5.74) is 0.965. The summed E-state index contributed by atoms with van der Waals surface area (Å²) in [6.45, 7) is 1.65. The number of carbonyl (C=O) groups excluding carboxylic acids is 1. The normalized spacial score (nSPS) is 12.7. The summed E-state index contributed by atoms with van der Waals surface area (Å²) < 4.78 is 42.1. The number of hydrogen-bond donors (Lipinski definition) is 1. The molecule has 154 valence electrons. The van der Waals surface area contributed by atoms with Gasteiger partial charge in [0.25, 0.3) is 0 Å². The van der Waals surface area contributed by atoms with Crippen molar-refractivity contribution in [2.24, 2.45) is 7.05 Å². The zero-order valence-corrected chi connectivity index (χ0v) is 17.7. The number of nitrogens with one attached hydrogen (secondary N) is 1. The van der Waals surface area contributed by atoms with E-state index in [0.29, 0.717) is 10.4 Å². The predicted molar refractivity (Wildman–Crippen MR) is 113 cm³/mol. The summed E-state index contributed by atoms with van der Waals surface area (Å²) in [6.07, 6.45) is 1.07. The number of aryl methyl sites for hydroxylation is 1. The lowest BCUT2D eigenvalue weighted by Crippen LogP contribution is -2.47. The maximum atomic E-state index is 14.3. The van der Waals surface area contributed by atoms with Crippen molar-refractivity contribution in [3.8, 4) is 0 Å².